The summed E-state index contributed by atoms with van der Waals surface area (Å²) in [6.45, 7) is 0. The summed E-state index contributed by atoms with van der Waals surface area (Å²) in [6.07, 6.45) is 0.150. The first-order valence-corrected chi connectivity index (χ1v) is 5.96. The van der Waals surface area contributed by atoms with Gasteiger partial charge >= 0.3 is 5.97 Å². The van der Waals surface area contributed by atoms with Crippen molar-refractivity contribution in [1.29, 1.82) is 0 Å². The Labute approximate surface area is 115 Å². The fourth-order valence-corrected chi connectivity index (χ4v) is 1.74. The maximum Gasteiger partial charge on any atom is 0.335 e. The van der Waals surface area contributed by atoms with Crippen LogP contribution in [0.2, 0.25) is 0 Å². The normalized spacial score (nSPS) is 10.0. The third-order valence-corrected chi connectivity index (χ3v) is 2.73. The molecule has 0 heterocycles. The van der Waals surface area contributed by atoms with Crippen LogP contribution in [0.1, 0.15) is 15.9 Å². The molecule has 0 aliphatic rings. The lowest BCUT2D eigenvalue weighted by molar-refractivity contribution is -0.115. The summed E-state index contributed by atoms with van der Waals surface area (Å²) in [6, 6.07) is 12.9. The second-order valence-electron chi connectivity index (χ2n) is 4.25. The molecule has 102 valence electrons. The molecule has 20 heavy (non-hydrogen) atoms. The number of nitrogens with one attached hydrogen (secondary N) is 1. The predicted molar refractivity (Wildman–Crippen MR) is 73.8 cm³/mol. The second kappa shape index (κ2) is 5.88. The molecule has 1 amide bonds. The van der Waals surface area contributed by atoms with Crippen LogP contribution in [0.5, 0.6) is 5.75 Å². The van der Waals surface area contributed by atoms with E-state index >= 15 is 0 Å². The van der Waals surface area contributed by atoms with E-state index in [0.717, 1.165) is 5.56 Å². The van der Waals surface area contributed by atoms with Crippen LogP contribution in [0.3, 0.4) is 0 Å². The zero-order chi connectivity index (χ0) is 14.5. The van der Waals surface area contributed by atoms with Gasteiger partial charge in [-0.2, -0.15) is 0 Å². The van der Waals surface area contributed by atoms with Gasteiger partial charge in [0.15, 0.2) is 0 Å². The molecule has 0 radical (unpaired) electrons. The summed E-state index contributed by atoms with van der Waals surface area (Å²) in [5.74, 6) is -1.62. The SMILES string of the molecule is O=C(Cc1ccccc1)Nc1cc(C(=O)O)ccc1O. The number of carboxylic acids is 1. The van der Waals surface area contributed by atoms with Crippen LogP contribution in [0.15, 0.2) is 48.5 Å². The number of aromatic hydroxyl groups is 1. The van der Waals surface area contributed by atoms with Crippen molar-refractivity contribution >= 4 is 17.6 Å². The van der Waals surface area contributed by atoms with Crippen molar-refractivity contribution in [1.82, 2.24) is 0 Å². The Morgan fingerprint density at radius 3 is 2.40 bits per heavy atom. The number of hydrogen-bond donors (Lipinski definition) is 3. The number of amides is 1. The van der Waals surface area contributed by atoms with Crippen LogP contribution in [-0.4, -0.2) is 22.1 Å². The lowest BCUT2D eigenvalue weighted by atomic mass is 10.1. The minimum Gasteiger partial charge on any atom is -0.506 e. The number of anilines is 1. The van der Waals surface area contributed by atoms with E-state index in [-0.39, 0.29) is 29.3 Å². The van der Waals surface area contributed by atoms with Crippen molar-refractivity contribution < 1.29 is 19.8 Å². The molecule has 5 heteroatoms. The molecule has 0 saturated heterocycles. The van der Waals surface area contributed by atoms with Gasteiger partial charge in [-0.05, 0) is 23.8 Å². The molecule has 0 spiro atoms. The van der Waals surface area contributed by atoms with E-state index in [1.165, 1.54) is 18.2 Å². The number of aromatic carboxylic acids is 1. The molecular weight excluding hydrogens is 258 g/mol. The maximum absolute atomic E-state index is 11.8. The van der Waals surface area contributed by atoms with Gasteiger partial charge in [0.25, 0.3) is 0 Å². The van der Waals surface area contributed by atoms with Crippen LogP contribution in [-0.2, 0) is 11.2 Å². The first-order chi connectivity index (χ1) is 9.56. The molecule has 0 bridgehead atoms. The van der Waals surface area contributed by atoms with Gasteiger partial charge < -0.3 is 15.5 Å². The number of phenols is 1. The molecule has 3 N–H and O–H groups in total. The lowest BCUT2D eigenvalue weighted by Gasteiger charge is -2.08. The Bertz CT molecular complexity index is 638. The van der Waals surface area contributed by atoms with Gasteiger partial charge in [0.1, 0.15) is 5.75 Å². The minimum atomic E-state index is -1.12. The van der Waals surface area contributed by atoms with Crippen molar-refractivity contribution in [2.24, 2.45) is 0 Å². The summed E-state index contributed by atoms with van der Waals surface area (Å²) >= 11 is 0. The zero-order valence-electron chi connectivity index (χ0n) is 10.5. The highest BCUT2D eigenvalue weighted by Gasteiger charge is 2.11. The Kier molecular flexibility index (Phi) is 4.00. The van der Waals surface area contributed by atoms with E-state index < -0.39 is 5.97 Å². The number of rotatable bonds is 4. The topological polar surface area (TPSA) is 86.6 Å². The monoisotopic (exact) mass is 271 g/mol. The van der Waals surface area contributed by atoms with Crippen LogP contribution < -0.4 is 5.32 Å². The van der Waals surface area contributed by atoms with Gasteiger partial charge in [0.05, 0.1) is 17.7 Å². The molecule has 0 saturated carbocycles. The largest absolute Gasteiger partial charge is 0.506 e. The molecule has 0 atom stereocenters. The summed E-state index contributed by atoms with van der Waals surface area (Å²) in [5, 5.41) is 21.0. The van der Waals surface area contributed by atoms with Crippen molar-refractivity contribution in [2.45, 2.75) is 6.42 Å². The highest BCUT2D eigenvalue weighted by atomic mass is 16.4. The smallest absolute Gasteiger partial charge is 0.335 e. The molecule has 2 rings (SSSR count). The average Bonchev–Trinajstić information content (AvgIpc) is 2.42. The third kappa shape index (κ3) is 3.35. The lowest BCUT2D eigenvalue weighted by Crippen LogP contribution is -2.14. The Morgan fingerprint density at radius 2 is 1.75 bits per heavy atom. The fourth-order valence-electron chi connectivity index (χ4n) is 1.74. The summed E-state index contributed by atoms with van der Waals surface area (Å²) in [5.41, 5.74) is 0.919. The number of carbonyl (C=O) groups excluding carboxylic acids is 1. The summed E-state index contributed by atoms with van der Waals surface area (Å²) in [7, 11) is 0. The van der Waals surface area contributed by atoms with E-state index in [4.69, 9.17) is 5.11 Å². The van der Waals surface area contributed by atoms with Crippen LogP contribution in [0, 0.1) is 0 Å². The van der Waals surface area contributed by atoms with Gasteiger partial charge in [-0.25, -0.2) is 4.79 Å². The molecule has 0 unspecified atom stereocenters. The molecule has 0 aliphatic carbocycles. The van der Waals surface area contributed by atoms with Crippen molar-refractivity contribution in [2.75, 3.05) is 5.32 Å². The highest BCUT2D eigenvalue weighted by Crippen LogP contribution is 2.24. The number of carbonyl (C=O) groups is 2. The minimum absolute atomic E-state index is 0.00203. The molecule has 2 aromatic carbocycles. The number of benzene rings is 2. The van der Waals surface area contributed by atoms with Crippen LogP contribution >= 0.6 is 0 Å². The number of phenolic OH excluding ortho intramolecular Hbond substituents is 1. The highest BCUT2D eigenvalue weighted by molar-refractivity contribution is 5.96. The van der Waals surface area contributed by atoms with E-state index in [0.29, 0.717) is 0 Å². The van der Waals surface area contributed by atoms with Crippen molar-refractivity contribution in [3.63, 3.8) is 0 Å². The van der Waals surface area contributed by atoms with Gasteiger partial charge in [0, 0.05) is 0 Å². The Balaban J connectivity index is 2.11. The fraction of sp³-hybridized carbons (Fsp3) is 0.0667. The van der Waals surface area contributed by atoms with Gasteiger partial charge in [-0.3, -0.25) is 4.79 Å². The maximum atomic E-state index is 11.8. The van der Waals surface area contributed by atoms with Gasteiger partial charge in [-0.1, -0.05) is 30.3 Å². The zero-order valence-corrected chi connectivity index (χ0v) is 10.5. The molecule has 0 fully saturated rings. The van der Waals surface area contributed by atoms with Gasteiger partial charge in [0.2, 0.25) is 5.91 Å². The Morgan fingerprint density at radius 1 is 1.05 bits per heavy atom. The second-order valence-corrected chi connectivity index (χ2v) is 4.25. The number of carboxylic acid groups (broad SMARTS) is 1. The number of hydrogen-bond acceptors (Lipinski definition) is 3. The van der Waals surface area contributed by atoms with E-state index in [9.17, 15) is 14.7 Å². The van der Waals surface area contributed by atoms with Crippen LogP contribution in [0.4, 0.5) is 5.69 Å². The quantitative estimate of drug-likeness (QED) is 0.744. The molecule has 0 aliphatic heterocycles. The van der Waals surface area contributed by atoms with Crippen molar-refractivity contribution in [3.8, 4) is 5.75 Å². The average molecular weight is 271 g/mol. The van der Waals surface area contributed by atoms with Crippen LogP contribution in [0.25, 0.3) is 0 Å². The predicted octanol–water partition coefficient (Wildman–Crippen LogP) is 2.27. The van der Waals surface area contributed by atoms with Crippen molar-refractivity contribution in [3.05, 3.63) is 59.7 Å². The molecule has 2 aromatic rings. The first kappa shape index (κ1) is 13.6. The molecular formula is C15H13NO4. The summed E-state index contributed by atoms with van der Waals surface area (Å²) < 4.78 is 0. The van der Waals surface area contributed by atoms with E-state index in [1.54, 1.807) is 0 Å². The van der Waals surface area contributed by atoms with Gasteiger partial charge in [-0.15, -0.1) is 0 Å². The summed E-state index contributed by atoms with van der Waals surface area (Å²) in [4.78, 5) is 22.7. The Hall–Kier alpha value is -2.82. The third-order valence-electron chi connectivity index (χ3n) is 2.73. The molecule has 5 nitrogen and oxygen atoms in total. The molecule has 0 aromatic heterocycles. The van der Waals surface area contributed by atoms with E-state index in [1.807, 2.05) is 30.3 Å². The standard InChI is InChI=1S/C15H13NO4/c17-13-7-6-11(15(19)20)9-12(13)16-14(18)8-10-4-2-1-3-5-10/h1-7,9,17H,8H2,(H,16,18)(H,19,20). The van der Waals surface area contributed by atoms with E-state index in [2.05, 4.69) is 5.32 Å². The first-order valence-electron chi connectivity index (χ1n) is 5.96.